The fourth-order valence-corrected chi connectivity index (χ4v) is 2.52. The molecule has 0 aromatic heterocycles. The number of carbonyl (C=O) groups excluding carboxylic acids is 1. The number of carbonyl (C=O) groups is 1. The maximum Gasteiger partial charge on any atom is 0.241 e. The summed E-state index contributed by atoms with van der Waals surface area (Å²) in [6.45, 7) is 5.25. The lowest BCUT2D eigenvalue weighted by Gasteiger charge is -2.31. The molecule has 6 heteroatoms. The third-order valence-corrected chi connectivity index (χ3v) is 3.95. The van der Waals surface area contributed by atoms with Crippen LogP contribution >= 0.6 is 15.9 Å². The number of benzene rings is 1. The van der Waals surface area contributed by atoms with E-state index in [0.717, 1.165) is 26.2 Å². The first kappa shape index (κ1) is 14.4. The molecular formula is C13H17BrFN3O. The second-order valence-corrected chi connectivity index (χ2v) is 5.40. The topological polar surface area (TPSA) is 44.4 Å². The van der Waals surface area contributed by atoms with Crippen molar-refractivity contribution in [3.8, 4) is 0 Å². The number of anilines is 1. The van der Waals surface area contributed by atoms with E-state index in [2.05, 4.69) is 31.5 Å². The maximum absolute atomic E-state index is 13.6. The molecule has 1 saturated heterocycles. The van der Waals surface area contributed by atoms with E-state index < -0.39 is 5.82 Å². The number of amides is 1. The Balaban J connectivity index is 2.04. The Hall–Kier alpha value is -0.980. The lowest BCUT2D eigenvalue weighted by atomic mass is 10.2. The van der Waals surface area contributed by atoms with Crippen LogP contribution < -0.4 is 10.6 Å². The molecule has 4 nitrogen and oxygen atoms in total. The van der Waals surface area contributed by atoms with Gasteiger partial charge in [-0.15, -0.1) is 0 Å². The van der Waals surface area contributed by atoms with Crippen LogP contribution in [0, 0.1) is 5.82 Å². The van der Waals surface area contributed by atoms with Crippen molar-refractivity contribution in [1.82, 2.24) is 10.2 Å². The molecule has 1 aromatic carbocycles. The van der Waals surface area contributed by atoms with Gasteiger partial charge in [0.2, 0.25) is 5.91 Å². The van der Waals surface area contributed by atoms with Crippen molar-refractivity contribution in [3.63, 3.8) is 0 Å². The Morgan fingerprint density at radius 1 is 1.47 bits per heavy atom. The Labute approximate surface area is 120 Å². The van der Waals surface area contributed by atoms with Gasteiger partial charge in [0.05, 0.1) is 11.7 Å². The summed E-state index contributed by atoms with van der Waals surface area (Å²) in [5.74, 6) is -0.622. The Kier molecular flexibility index (Phi) is 4.90. The summed E-state index contributed by atoms with van der Waals surface area (Å²) in [6, 6.07) is 4.35. The SMILES string of the molecule is CC(C(=O)Nc1c(F)cccc1Br)N1CCNCC1. The van der Waals surface area contributed by atoms with E-state index in [1.54, 1.807) is 12.1 Å². The zero-order valence-corrected chi connectivity index (χ0v) is 12.3. The number of nitrogens with zero attached hydrogens (tertiary/aromatic N) is 1. The van der Waals surface area contributed by atoms with Gasteiger partial charge in [0.1, 0.15) is 5.82 Å². The molecule has 104 valence electrons. The van der Waals surface area contributed by atoms with Gasteiger partial charge in [-0.05, 0) is 35.0 Å². The van der Waals surface area contributed by atoms with Crippen LogP contribution in [-0.4, -0.2) is 43.0 Å². The summed E-state index contributed by atoms with van der Waals surface area (Å²) in [5.41, 5.74) is 0.203. The highest BCUT2D eigenvalue weighted by Crippen LogP contribution is 2.25. The number of hydrogen-bond donors (Lipinski definition) is 2. The summed E-state index contributed by atoms with van der Waals surface area (Å²) in [6.07, 6.45) is 0. The predicted octanol–water partition coefficient (Wildman–Crippen LogP) is 1.82. The van der Waals surface area contributed by atoms with Crippen molar-refractivity contribution in [2.75, 3.05) is 31.5 Å². The number of rotatable bonds is 3. The smallest absolute Gasteiger partial charge is 0.241 e. The fraction of sp³-hybridized carbons (Fsp3) is 0.462. The average Bonchev–Trinajstić information content (AvgIpc) is 2.43. The first-order valence-electron chi connectivity index (χ1n) is 6.29. The van der Waals surface area contributed by atoms with Crippen molar-refractivity contribution in [2.24, 2.45) is 0 Å². The zero-order chi connectivity index (χ0) is 13.8. The Morgan fingerprint density at radius 2 is 2.16 bits per heavy atom. The standard InChI is InChI=1S/C13H17BrFN3O/c1-9(18-7-5-16-6-8-18)13(19)17-12-10(14)3-2-4-11(12)15/h2-4,9,16H,5-8H2,1H3,(H,17,19). The van der Waals surface area contributed by atoms with Crippen molar-refractivity contribution >= 4 is 27.5 Å². The van der Waals surface area contributed by atoms with Crippen LogP contribution in [0.5, 0.6) is 0 Å². The summed E-state index contributed by atoms with van der Waals surface area (Å²) in [7, 11) is 0. The molecule has 1 fully saturated rings. The first-order valence-corrected chi connectivity index (χ1v) is 7.08. The maximum atomic E-state index is 13.6. The van der Waals surface area contributed by atoms with Crippen molar-refractivity contribution in [3.05, 3.63) is 28.5 Å². The highest BCUT2D eigenvalue weighted by molar-refractivity contribution is 9.10. The molecule has 1 heterocycles. The Bertz CT molecular complexity index is 443. The predicted molar refractivity (Wildman–Crippen MR) is 76.6 cm³/mol. The molecule has 0 bridgehead atoms. The van der Waals surface area contributed by atoms with Crippen LogP contribution in [0.4, 0.5) is 10.1 Å². The van der Waals surface area contributed by atoms with Crippen molar-refractivity contribution in [2.45, 2.75) is 13.0 Å². The minimum atomic E-state index is -0.435. The minimum absolute atomic E-state index is 0.187. The molecule has 1 unspecified atom stereocenters. The van der Waals surface area contributed by atoms with Gasteiger partial charge in [-0.25, -0.2) is 4.39 Å². The van der Waals surface area contributed by atoms with Gasteiger partial charge < -0.3 is 10.6 Å². The van der Waals surface area contributed by atoms with E-state index in [4.69, 9.17) is 0 Å². The third kappa shape index (κ3) is 3.52. The molecule has 0 spiro atoms. The number of nitrogens with one attached hydrogen (secondary N) is 2. The molecule has 1 atom stereocenters. The zero-order valence-electron chi connectivity index (χ0n) is 10.7. The molecule has 1 aromatic rings. The van der Waals surface area contributed by atoms with Crippen LogP contribution in [-0.2, 0) is 4.79 Å². The van der Waals surface area contributed by atoms with Gasteiger partial charge >= 0.3 is 0 Å². The second-order valence-electron chi connectivity index (χ2n) is 4.55. The van der Waals surface area contributed by atoms with Crippen LogP contribution in [0.25, 0.3) is 0 Å². The normalized spacial score (nSPS) is 18.1. The van der Waals surface area contributed by atoms with E-state index in [0.29, 0.717) is 4.47 Å². The molecular weight excluding hydrogens is 313 g/mol. The highest BCUT2D eigenvalue weighted by Gasteiger charge is 2.23. The minimum Gasteiger partial charge on any atom is -0.321 e. The molecule has 0 radical (unpaired) electrons. The molecule has 0 saturated carbocycles. The van der Waals surface area contributed by atoms with Crippen molar-refractivity contribution < 1.29 is 9.18 Å². The summed E-state index contributed by atoms with van der Waals surface area (Å²) >= 11 is 3.24. The van der Waals surface area contributed by atoms with Gasteiger partial charge in [0.15, 0.2) is 0 Å². The number of halogens is 2. The van der Waals surface area contributed by atoms with E-state index in [-0.39, 0.29) is 17.6 Å². The fourth-order valence-electron chi connectivity index (χ4n) is 2.08. The van der Waals surface area contributed by atoms with E-state index in [1.165, 1.54) is 6.07 Å². The first-order chi connectivity index (χ1) is 9.09. The van der Waals surface area contributed by atoms with E-state index in [9.17, 15) is 9.18 Å². The summed E-state index contributed by atoms with van der Waals surface area (Å²) < 4.78 is 14.2. The molecule has 1 amide bonds. The quantitative estimate of drug-likeness (QED) is 0.889. The van der Waals surface area contributed by atoms with Gasteiger partial charge in [-0.2, -0.15) is 0 Å². The number of para-hydroxylation sites is 1. The molecule has 2 rings (SSSR count). The van der Waals surface area contributed by atoms with Crippen LogP contribution in [0.2, 0.25) is 0 Å². The Morgan fingerprint density at radius 3 is 2.79 bits per heavy atom. The average molecular weight is 330 g/mol. The largest absolute Gasteiger partial charge is 0.321 e. The molecule has 0 aliphatic carbocycles. The van der Waals surface area contributed by atoms with Crippen LogP contribution in [0.15, 0.2) is 22.7 Å². The van der Waals surface area contributed by atoms with Gasteiger partial charge in [0.25, 0.3) is 0 Å². The molecule has 19 heavy (non-hydrogen) atoms. The molecule has 1 aliphatic rings. The lowest BCUT2D eigenvalue weighted by Crippen LogP contribution is -2.51. The highest BCUT2D eigenvalue weighted by atomic mass is 79.9. The van der Waals surface area contributed by atoms with Gasteiger partial charge in [-0.1, -0.05) is 6.07 Å². The van der Waals surface area contributed by atoms with Crippen LogP contribution in [0.1, 0.15) is 6.92 Å². The number of piperazine rings is 1. The van der Waals surface area contributed by atoms with Gasteiger partial charge in [-0.3, -0.25) is 9.69 Å². The monoisotopic (exact) mass is 329 g/mol. The summed E-state index contributed by atoms with van der Waals surface area (Å²) in [5, 5.41) is 5.89. The summed E-state index contributed by atoms with van der Waals surface area (Å²) in [4.78, 5) is 14.2. The number of hydrogen-bond acceptors (Lipinski definition) is 3. The van der Waals surface area contributed by atoms with Crippen molar-refractivity contribution in [1.29, 1.82) is 0 Å². The van der Waals surface area contributed by atoms with E-state index in [1.807, 2.05) is 6.92 Å². The third-order valence-electron chi connectivity index (χ3n) is 3.29. The second kappa shape index (κ2) is 6.45. The lowest BCUT2D eigenvalue weighted by molar-refractivity contribution is -0.121. The van der Waals surface area contributed by atoms with Gasteiger partial charge in [0, 0.05) is 30.7 Å². The van der Waals surface area contributed by atoms with E-state index >= 15 is 0 Å². The molecule has 2 N–H and O–H groups in total. The molecule has 1 aliphatic heterocycles. The van der Waals surface area contributed by atoms with Crippen LogP contribution in [0.3, 0.4) is 0 Å².